The number of methoxy groups -OCH3 is 1. The number of carbonyl (C=O) groups excluding carboxylic acids is 2. The Labute approximate surface area is 208 Å². The lowest BCUT2D eigenvalue weighted by molar-refractivity contribution is 0.0734. The Morgan fingerprint density at radius 3 is 2.49 bits per heavy atom. The average Bonchev–Trinajstić information content (AvgIpc) is 3.59. The molecule has 4 rings (SSSR count). The number of ether oxygens (including phenoxy) is 1. The van der Waals surface area contributed by atoms with Gasteiger partial charge in [-0.05, 0) is 48.1 Å². The van der Waals surface area contributed by atoms with E-state index in [4.69, 9.17) is 9.26 Å². The lowest BCUT2D eigenvalue weighted by Crippen LogP contribution is -2.32. The summed E-state index contributed by atoms with van der Waals surface area (Å²) in [4.78, 5) is 28.0. The monoisotopic (exact) mass is 489 g/mol. The first-order valence-corrected chi connectivity index (χ1v) is 12.1. The normalized spacial score (nSPS) is 10.7. The molecule has 8 heteroatoms. The number of nitrogens with one attached hydrogen (secondary N) is 1. The highest BCUT2D eigenvalue weighted by molar-refractivity contribution is 7.12. The number of hydrogen-bond acceptors (Lipinski definition) is 6. The first kappa shape index (κ1) is 24.2. The summed E-state index contributed by atoms with van der Waals surface area (Å²) >= 11 is 1.39. The van der Waals surface area contributed by atoms with Gasteiger partial charge in [-0.2, -0.15) is 0 Å². The van der Waals surface area contributed by atoms with Crippen LogP contribution in [0.5, 0.6) is 5.75 Å². The van der Waals surface area contributed by atoms with Crippen LogP contribution in [0.2, 0.25) is 0 Å². The van der Waals surface area contributed by atoms with E-state index in [1.165, 1.54) is 11.3 Å². The Morgan fingerprint density at radius 2 is 1.80 bits per heavy atom. The van der Waals surface area contributed by atoms with E-state index in [2.05, 4.69) is 10.5 Å². The maximum atomic E-state index is 13.1. The van der Waals surface area contributed by atoms with E-state index in [-0.39, 0.29) is 24.1 Å². The molecule has 180 valence electrons. The Morgan fingerprint density at radius 1 is 1.06 bits per heavy atom. The Hall–Kier alpha value is -3.91. The molecule has 0 saturated carbocycles. The van der Waals surface area contributed by atoms with Crippen molar-refractivity contribution in [3.63, 3.8) is 0 Å². The lowest BCUT2D eigenvalue weighted by Gasteiger charge is -2.21. The summed E-state index contributed by atoms with van der Waals surface area (Å²) in [6.07, 6.45) is 0.666. The molecule has 2 heterocycles. The Bertz CT molecular complexity index is 1250. The van der Waals surface area contributed by atoms with Crippen LogP contribution in [-0.4, -0.2) is 35.5 Å². The molecule has 0 fully saturated rings. The third kappa shape index (κ3) is 6.58. The van der Waals surface area contributed by atoms with Gasteiger partial charge in [-0.25, -0.2) is 0 Å². The second kappa shape index (κ2) is 11.5. The number of carbonyl (C=O) groups is 2. The molecule has 0 aliphatic carbocycles. The zero-order valence-electron chi connectivity index (χ0n) is 19.7. The molecule has 2 amide bonds. The summed E-state index contributed by atoms with van der Waals surface area (Å²) in [6.45, 7) is 3.11. The van der Waals surface area contributed by atoms with Gasteiger partial charge in [0.25, 0.3) is 11.8 Å². The van der Waals surface area contributed by atoms with E-state index < -0.39 is 0 Å². The van der Waals surface area contributed by atoms with Crippen LogP contribution >= 0.6 is 11.3 Å². The minimum absolute atomic E-state index is 0.0877. The molecule has 0 spiro atoms. The third-order valence-electron chi connectivity index (χ3n) is 5.56. The van der Waals surface area contributed by atoms with Crippen molar-refractivity contribution in [2.24, 2.45) is 0 Å². The van der Waals surface area contributed by atoms with Crippen LogP contribution in [0.15, 0.2) is 76.6 Å². The van der Waals surface area contributed by atoms with Crippen molar-refractivity contribution in [3.05, 3.63) is 105 Å². The highest BCUT2D eigenvalue weighted by Gasteiger charge is 2.20. The number of amides is 2. The van der Waals surface area contributed by atoms with Crippen LogP contribution < -0.4 is 10.1 Å². The van der Waals surface area contributed by atoms with Crippen molar-refractivity contribution in [1.82, 2.24) is 15.4 Å². The van der Waals surface area contributed by atoms with Crippen molar-refractivity contribution >= 4 is 23.2 Å². The molecule has 4 aromatic rings. The zero-order valence-corrected chi connectivity index (χ0v) is 20.5. The molecule has 0 radical (unpaired) electrons. The van der Waals surface area contributed by atoms with Crippen molar-refractivity contribution in [3.8, 4) is 5.75 Å². The highest BCUT2D eigenvalue weighted by Crippen LogP contribution is 2.17. The van der Waals surface area contributed by atoms with E-state index in [1.54, 1.807) is 24.1 Å². The number of benzene rings is 2. The van der Waals surface area contributed by atoms with Gasteiger partial charge in [-0.1, -0.05) is 53.2 Å². The van der Waals surface area contributed by atoms with Crippen LogP contribution in [0.3, 0.4) is 0 Å². The topological polar surface area (TPSA) is 84.7 Å². The number of aromatic nitrogens is 1. The highest BCUT2D eigenvalue weighted by atomic mass is 32.1. The van der Waals surface area contributed by atoms with Gasteiger partial charge in [-0.15, -0.1) is 11.3 Å². The van der Waals surface area contributed by atoms with E-state index in [1.807, 2.05) is 66.9 Å². The van der Waals surface area contributed by atoms with Crippen LogP contribution in [0, 0.1) is 6.92 Å². The van der Waals surface area contributed by atoms with Crippen molar-refractivity contribution in [2.45, 2.75) is 26.4 Å². The summed E-state index contributed by atoms with van der Waals surface area (Å²) < 4.78 is 10.6. The van der Waals surface area contributed by atoms with E-state index >= 15 is 0 Å². The second-order valence-corrected chi connectivity index (χ2v) is 9.10. The SMILES string of the molecule is COc1ccc(CCN(Cc2cc(C(=O)NCc3ccc(C)cc3)no2)C(=O)c2cccs2)cc1. The molecule has 1 N–H and O–H groups in total. The fraction of sp³-hybridized carbons (Fsp3) is 0.222. The van der Waals surface area contributed by atoms with Gasteiger partial charge >= 0.3 is 0 Å². The molecule has 7 nitrogen and oxygen atoms in total. The van der Waals surface area contributed by atoms with Gasteiger partial charge in [-0.3, -0.25) is 9.59 Å². The number of thiophene rings is 1. The lowest BCUT2D eigenvalue weighted by atomic mass is 10.1. The summed E-state index contributed by atoms with van der Waals surface area (Å²) in [5.74, 6) is 0.825. The molecule has 0 atom stereocenters. The number of nitrogens with zero attached hydrogens (tertiary/aromatic N) is 2. The fourth-order valence-electron chi connectivity index (χ4n) is 3.53. The molecule has 0 saturated heterocycles. The molecule has 2 aromatic carbocycles. The number of aryl methyl sites for hydroxylation is 1. The molecule has 0 bridgehead atoms. The minimum atomic E-state index is -0.324. The van der Waals surface area contributed by atoms with Gasteiger partial charge in [0.15, 0.2) is 11.5 Å². The first-order chi connectivity index (χ1) is 17.0. The van der Waals surface area contributed by atoms with Crippen LogP contribution in [0.4, 0.5) is 0 Å². The standard InChI is InChI=1S/C27H27N3O4S/c1-19-5-7-21(8-6-19)17-28-26(31)24-16-23(34-29-24)18-30(27(32)25-4-3-15-35-25)14-13-20-9-11-22(33-2)12-10-20/h3-12,15-16H,13-14,17-18H2,1-2H3,(H,28,31). The molecule has 0 aliphatic rings. The van der Waals surface area contributed by atoms with Gasteiger partial charge < -0.3 is 19.5 Å². The van der Waals surface area contributed by atoms with E-state index in [9.17, 15) is 9.59 Å². The van der Waals surface area contributed by atoms with Gasteiger partial charge in [0.2, 0.25) is 0 Å². The van der Waals surface area contributed by atoms with Crippen LogP contribution in [0.1, 0.15) is 42.6 Å². The van der Waals surface area contributed by atoms with Gasteiger partial charge in [0.05, 0.1) is 18.5 Å². The van der Waals surface area contributed by atoms with Crippen molar-refractivity contribution in [2.75, 3.05) is 13.7 Å². The Kier molecular flexibility index (Phi) is 7.95. The molecule has 2 aromatic heterocycles. The van der Waals surface area contributed by atoms with E-state index in [0.717, 1.165) is 22.4 Å². The largest absolute Gasteiger partial charge is 0.497 e. The van der Waals surface area contributed by atoms with Crippen LogP contribution in [-0.2, 0) is 19.5 Å². The Balaban J connectivity index is 1.40. The number of rotatable bonds is 10. The summed E-state index contributed by atoms with van der Waals surface area (Å²) in [5.41, 5.74) is 3.43. The minimum Gasteiger partial charge on any atom is -0.497 e. The summed E-state index contributed by atoms with van der Waals surface area (Å²) in [7, 11) is 1.63. The van der Waals surface area contributed by atoms with Gasteiger partial charge in [0.1, 0.15) is 5.75 Å². The van der Waals surface area contributed by atoms with Crippen molar-refractivity contribution < 1.29 is 18.8 Å². The summed E-state index contributed by atoms with van der Waals surface area (Å²) in [6, 6.07) is 21.0. The molecule has 35 heavy (non-hydrogen) atoms. The third-order valence-corrected chi connectivity index (χ3v) is 6.42. The predicted molar refractivity (Wildman–Crippen MR) is 135 cm³/mol. The predicted octanol–water partition coefficient (Wildman–Crippen LogP) is 4.87. The molecular formula is C27H27N3O4S. The first-order valence-electron chi connectivity index (χ1n) is 11.3. The van der Waals surface area contributed by atoms with E-state index in [0.29, 0.717) is 30.1 Å². The smallest absolute Gasteiger partial charge is 0.273 e. The average molecular weight is 490 g/mol. The van der Waals surface area contributed by atoms with Crippen molar-refractivity contribution in [1.29, 1.82) is 0 Å². The maximum absolute atomic E-state index is 13.1. The number of hydrogen-bond donors (Lipinski definition) is 1. The second-order valence-electron chi connectivity index (χ2n) is 8.15. The maximum Gasteiger partial charge on any atom is 0.273 e. The van der Waals surface area contributed by atoms with Crippen LogP contribution in [0.25, 0.3) is 0 Å². The summed E-state index contributed by atoms with van der Waals surface area (Å²) in [5, 5.41) is 8.65. The quantitative estimate of drug-likeness (QED) is 0.344. The molecule has 0 aliphatic heterocycles. The fourth-order valence-corrected chi connectivity index (χ4v) is 4.22. The molecular weight excluding hydrogens is 462 g/mol. The zero-order chi connectivity index (χ0) is 24.6. The van der Waals surface area contributed by atoms with Gasteiger partial charge in [0, 0.05) is 19.2 Å². The molecule has 0 unspecified atom stereocenters.